The van der Waals surface area contributed by atoms with E-state index < -0.39 is 0 Å². The highest BCUT2D eigenvalue weighted by Crippen LogP contribution is 2.22. The number of carbonyl (C=O) groups is 1. The quantitative estimate of drug-likeness (QED) is 0.828. The Hall–Kier alpha value is -1.73. The van der Waals surface area contributed by atoms with Crippen molar-refractivity contribution < 1.29 is 4.79 Å². The van der Waals surface area contributed by atoms with Crippen LogP contribution in [0.1, 0.15) is 49.7 Å². The number of rotatable bonds is 6. The zero-order valence-corrected chi connectivity index (χ0v) is 16.4. The fourth-order valence-corrected chi connectivity index (χ4v) is 3.68. The van der Waals surface area contributed by atoms with Gasteiger partial charge in [0.05, 0.1) is 18.3 Å². The smallest absolute Gasteiger partial charge is 0.236 e. The van der Waals surface area contributed by atoms with Gasteiger partial charge in [0.25, 0.3) is 0 Å². The first-order valence-electron chi connectivity index (χ1n) is 9.78. The second kappa shape index (κ2) is 8.77. The van der Waals surface area contributed by atoms with Crippen molar-refractivity contribution >= 4 is 11.7 Å². The van der Waals surface area contributed by atoms with Crippen molar-refractivity contribution in [2.24, 2.45) is 0 Å². The topological polar surface area (TPSA) is 64.6 Å². The molecule has 1 amide bonds. The van der Waals surface area contributed by atoms with Gasteiger partial charge in [0, 0.05) is 39.8 Å². The van der Waals surface area contributed by atoms with E-state index in [1.165, 1.54) is 12.8 Å². The van der Waals surface area contributed by atoms with Gasteiger partial charge in [0.2, 0.25) is 5.91 Å². The minimum absolute atomic E-state index is 0.228. The van der Waals surface area contributed by atoms with Gasteiger partial charge in [-0.1, -0.05) is 0 Å². The monoisotopic (exact) mass is 360 g/mol. The maximum Gasteiger partial charge on any atom is 0.236 e. The maximum absolute atomic E-state index is 12.5. The summed E-state index contributed by atoms with van der Waals surface area (Å²) < 4.78 is 0. The molecule has 0 aliphatic carbocycles. The summed E-state index contributed by atoms with van der Waals surface area (Å²) in [5.41, 5.74) is 0.973. The molecule has 2 aliphatic rings. The number of hydrogen-bond donors (Lipinski definition) is 1. The largest absolute Gasteiger partial charge is 0.363 e. The summed E-state index contributed by atoms with van der Waals surface area (Å²) >= 11 is 0. The third-order valence-electron chi connectivity index (χ3n) is 5.16. The van der Waals surface area contributed by atoms with Crippen LogP contribution >= 0.6 is 0 Å². The van der Waals surface area contributed by atoms with Crippen molar-refractivity contribution in [3.8, 4) is 0 Å². The van der Waals surface area contributed by atoms with E-state index in [1.54, 1.807) is 0 Å². The third-order valence-corrected chi connectivity index (χ3v) is 5.16. The lowest BCUT2D eigenvalue weighted by molar-refractivity contribution is -0.133. The molecule has 1 unspecified atom stereocenters. The van der Waals surface area contributed by atoms with Gasteiger partial charge in [-0.3, -0.25) is 9.69 Å². The van der Waals surface area contributed by atoms with Crippen LogP contribution in [0.2, 0.25) is 0 Å². The van der Waals surface area contributed by atoms with Crippen LogP contribution in [-0.4, -0.2) is 73.0 Å². The van der Waals surface area contributed by atoms with Gasteiger partial charge < -0.3 is 15.1 Å². The Morgan fingerprint density at radius 2 is 1.96 bits per heavy atom. The fourth-order valence-electron chi connectivity index (χ4n) is 3.68. The van der Waals surface area contributed by atoms with E-state index in [-0.39, 0.29) is 11.9 Å². The fraction of sp³-hybridized carbons (Fsp3) is 0.737. The molecule has 3 rings (SSSR count). The van der Waals surface area contributed by atoms with Gasteiger partial charge in [0.1, 0.15) is 11.6 Å². The van der Waals surface area contributed by atoms with E-state index in [0.29, 0.717) is 13.1 Å². The summed E-state index contributed by atoms with van der Waals surface area (Å²) in [5, 5.41) is 3.48. The lowest BCUT2D eigenvalue weighted by Gasteiger charge is -2.28. The van der Waals surface area contributed by atoms with Crippen molar-refractivity contribution in [2.45, 2.75) is 44.7 Å². The van der Waals surface area contributed by atoms with Crippen molar-refractivity contribution in [2.75, 3.05) is 52.2 Å². The van der Waals surface area contributed by atoms with E-state index in [2.05, 4.69) is 10.2 Å². The van der Waals surface area contributed by atoms with Gasteiger partial charge >= 0.3 is 0 Å². The van der Waals surface area contributed by atoms with Crippen LogP contribution < -0.4 is 10.2 Å². The molecule has 1 N–H and O–H groups in total. The molecule has 26 heavy (non-hydrogen) atoms. The standard InChI is InChI=1S/C19H32N6O/c1-23(2)17-12-15(21-19(22-17)16-8-7-9-20-16)13-24(3)14-18(26)25-10-5-4-6-11-25/h12,16,20H,4-11,13-14H2,1-3H3. The van der Waals surface area contributed by atoms with Crippen molar-refractivity contribution in [1.29, 1.82) is 0 Å². The van der Waals surface area contributed by atoms with Crippen LogP contribution in [0, 0.1) is 0 Å². The van der Waals surface area contributed by atoms with Gasteiger partial charge in [-0.2, -0.15) is 0 Å². The molecule has 0 saturated carbocycles. The lowest BCUT2D eigenvalue weighted by atomic mass is 10.1. The molecule has 1 aromatic rings. The minimum Gasteiger partial charge on any atom is -0.363 e. The van der Waals surface area contributed by atoms with E-state index in [4.69, 9.17) is 9.97 Å². The Labute approximate surface area is 156 Å². The van der Waals surface area contributed by atoms with Crippen LogP contribution in [-0.2, 0) is 11.3 Å². The highest BCUT2D eigenvalue weighted by Gasteiger charge is 2.22. The molecule has 1 atom stereocenters. The summed E-state index contributed by atoms with van der Waals surface area (Å²) in [6, 6.07) is 2.27. The number of carbonyl (C=O) groups excluding carboxylic acids is 1. The minimum atomic E-state index is 0.228. The highest BCUT2D eigenvalue weighted by molar-refractivity contribution is 5.78. The predicted octanol–water partition coefficient (Wildman–Crippen LogP) is 1.41. The first kappa shape index (κ1) is 19.0. The zero-order chi connectivity index (χ0) is 18.5. The van der Waals surface area contributed by atoms with E-state index in [0.717, 1.165) is 56.2 Å². The average Bonchev–Trinajstić information content (AvgIpc) is 3.16. The van der Waals surface area contributed by atoms with Gasteiger partial charge in [0.15, 0.2) is 0 Å². The molecular formula is C19H32N6O. The Morgan fingerprint density at radius 3 is 2.62 bits per heavy atom. The van der Waals surface area contributed by atoms with Crippen LogP contribution in [0.3, 0.4) is 0 Å². The molecular weight excluding hydrogens is 328 g/mol. The van der Waals surface area contributed by atoms with Crippen LogP contribution in [0.25, 0.3) is 0 Å². The number of piperidine rings is 1. The summed E-state index contributed by atoms with van der Waals surface area (Å²) in [6.07, 6.45) is 5.75. The molecule has 3 heterocycles. The molecule has 0 bridgehead atoms. The number of amides is 1. The molecule has 7 nitrogen and oxygen atoms in total. The molecule has 0 aromatic carbocycles. The molecule has 0 radical (unpaired) electrons. The number of nitrogens with zero attached hydrogens (tertiary/aromatic N) is 5. The number of nitrogens with one attached hydrogen (secondary N) is 1. The summed E-state index contributed by atoms with van der Waals surface area (Å²) in [5.74, 6) is 2.03. The van der Waals surface area contributed by atoms with Gasteiger partial charge in [-0.05, 0) is 45.7 Å². The van der Waals surface area contributed by atoms with E-state index in [1.807, 2.05) is 37.0 Å². The summed E-state index contributed by atoms with van der Waals surface area (Å²) in [4.78, 5) is 28.1. The molecule has 2 aliphatic heterocycles. The Kier molecular flexibility index (Phi) is 6.43. The molecule has 144 valence electrons. The van der Waals surface area contributed by atoms with Crippen LogP contribution in [0.5, 0.6) is 0 Å². The maximum atomic E-state index is 12.5. The Balaban J connectivity index is 1.66. The van der Waals surface area contributed by atoms with E-state index in [9.17, 15) is 4.79 Å². The number of aromatic nitrogens is 2. The number of likely N-dealkylation sites (N-methyl/N-ethyl adjacent to an activating group) is 1. The zero-order valence-electron chi connectivity index (χ0n) is 16.4. The van der Waals surface area contributed by atoms with Crippen LogP contribution in [0.4, 0.5) is 5.82 Å². The first-order valence-corrected chi connectivity index (χ1v) is 9.78. The van der Waals surface area contributed by atoms with Crippen LogP contribution in [0.15, 0.2) is 6.07 Å². The predicted molar refractivity (Wildman–Crippen MR) is 103 cm³/mol. The third kappa shape index (κ3) is 4.92. The van der Waals surface area contributed by atoms with Crippen molar-refractivity contribution in [3.63, 3.8) is 0 Å². The normalized spacial score (nSPS) is 20.6. The SMILES string of the molecule is CN(CC(=O)N1CCCCC1)Cc1cc(N(C)C)nc(C2CCCN2)n1. The van der Waals surface area contributed by atoms with E-state index >= 15 is 0 Å². The molecule has 2 fully saturated rings. The molecule has 7 heteroatoms. The number of hydrogen-bond acceptors (Lipinski definition) is 6. The molecule has 1 aromatic heterocycles. The Bertz CT molecular complexity index is 608. The van der Waals surface area contributed by atoms with Gasteiger partial charge in [-0.25, -0.2) is 9.97 Å². The second-order valence-electron chi connectivity index (χ2n) is 7.73. The second-order valence-corrected chi connectivity index (χ2v) is 7.73. The number of likely N-dealkylation sites (tertiary alicyclic amines) is 1. The summed E-state index contributed by atoms with van der Waals surface area (Å²) in [7, 11) is 6.00. The molecule has 0 spiro atoms. The van der Waals surface area contributed by atoms with Crippen molar-refractivity contribution in [1.82, 2.24) is 25.1 Å². The lowest BCUT2D eigenvalue weighted by Crippen LogP contribution is -2.41. The first-order chi connectivity index (χ1) is 12.5. The Morgan fingerprint density at radius 1 is 1.19 bits per heavy atom. The average molecular weight is 361 g/mol. The van der Waals surface area contributed by atoms with Gasteiger partial charge in [-0.15, -0.1) is 0 Å². The van der Waals surface area contributed by atoms with Crippen molar-refractivity contribution in [3.05, 3.63) is 17.6 Å². The highest BCUT2D eigenvalue weighted by atomic mass is 16.2. The molecule has 2 saturated heterocycles. The number of anilines is 1. The summed E-state index contributed by atoms with van der Waals surface area (Å²) in [6.45, 7) is 3.94.